The summed E-state index contributed by atoms with van der Waals surface area (Å²) >= 11 is 16.2. The van der Waals surface area contributed by atoms with Gasteiger partial charge in [0.15, 0.2) is 0 Å². The van der Waals surface area contributed by atoms with Gasteiger partial charge in [0.25, 0.3) is 0 Å². The van der Waals surface area contributed by atoms with Crippen LogP contribution >= 0.6 is 39.1 Å². The lowest BCUT2D eigenvalue weighted by Gasteiger charge is -2.14. The Balaban J connectivity index is 2.25. The minimum Gasteiger partial charge on any atom is -0.117 e. The molecule has 0 radical (unpaired) electrons. The van der Waals surface area contributed by atoms with E-state index in [1.165, 1.54) is 5.56 Å². The summed E-state index contributed by atoms with van der Waals surface area (Å²) in [5.74, 6) is 0. The Bertz CT molecular complexity index is 552. The number of alkyl halides is 1. The smallest absolute Gasteiger partial charge is 0.0629 e. The Morgan fingerprint density at radius 2 is 1.83 bits per heavy atom. The van der Waals surface area contributed by atoms with E-state index in [2.05, 4.69) is 28.9 Å². The van der Waals surface area contributed by atoms with Gasteiger partial charge in [0.2, 0.25) is 0 Å². The summed E-state index contributed by atoms with van der Waals surface area (Å²) in [6, 6.07) is 13.9. The molecule has 1 unspecified atom stereocenters. The summed E-state index contributed by atoms with van der Waals surface area (Å²) in [5.41, 5.74) is 3.41. The number of benzene rings is 2. The van der Waals surface area contributed by atoms with Crippen molar-refractivity contribution in [3.05, 3.63) is 68.7 Å². The zero-order valence-electron chi connectivity index (χ0n) is 9.96. The first-order chi connectivity index (χ1) is 8.59. The van der Waals surface area contributed by atoms with Crippen LogP contribution in [-0.4, -0.2) is 0 Å². The van der Waals surface area contributed by atoms with Gasteiger partial charge in [-0.05, 0) is 42.2 Å². The molecule has 0 N–H and O–H groups in total. The molecule has 3 heteroatoms. The van der Waals surface area contributed by atoms with Gasteiger partial charge in [-0.2, -0.15) is 0 Å². The van der Waals surface area contributed by atoms with Gasteiger partial charge in [0, 0.05) is 9.50 Å². The maximum atomic E-state index is 6.51. The molecule has 0 saturated carbocycles. The lowest BCUT2D eigenvalue weighted by Crippen LogP contribution is -1.99. The van der Waals surface area contributed by atoms with E-state index in [-0.39, 0.29) is 5.38 Å². The van der Waals surface area contributed by atoms with E-state index in [9.17, 15) is 0 Å². The van der Waals surface area contributed by atoms with Crippen molar-refractivity contribution in [1.82, 2.24) is 0 Å². The van der Waals surface area contributed by atoms with Crippen LogP contribution in [0, 0.1) is 6.92 Å². The monoisotopic (exact) mass is 342 g/mol. The molecule has 0 fully saturated rings. The summed E-state index contributed by atoms with van der Waals surface area (Å²) in [7, 11) is 0. The third-order valence-corrected chi connectivity index (χ3v) is 4.62. The van der Waals surface area contributed by atoms with Crippen molar-refractivity contribution in [2.75, 3.05) is 0 Å². The van der Waals surface area contributed by atoms with Crippen molar-refractivity contribution in [1.29, 1.82) is 0 Å². The fourth-order valence-electron chi connectivity index (χ4n) is 1.93. The Kier molecular flexibility index (Phi) is 4.71. The molecule has 94 valence electrons. The summed E-state index contributed by atoms with van der Waals surface area (Å²) in [5, 5.41) is 0.707. The van der Waals surface area contributed by atoms with E-state index in [1.807, 2.05) is 36.4 Å². The highest BCUT2D eigenvalue weighted by Crippen LogP contribution is 2.32. The first-order valence-corrected chi connectivity index (χ1v) is 7.33. The van der Waals surface area contributed by atoms with Crippen LogP contribution in [0.1, 0.15) is 22.1 Å². The number of hydrogen-bond acceptors (Lipinski definition) is 0. The van der Waals surface area contributed by atoms with Crippen LogP contribution in [0.5, 0.6) is 0 Å². The average Bonchev–Trinajstić information content (AvgIpc) is 2.35. The number of hydrogen-bond donors (Lipinski definition) is 0. The van der Waals surface area contributed by atoms with Crippen LogP contribution in [0.15, 0.2) is 46.9 Å². The molecule has 18 heavy (non-hydrogen) atoms. The molecule has 0 aliphatic rings. The molecule has 0 saturated heterocycles. The lowest BCUT2D eigenvalue weighted by molar-refractivity contribution is 0.908. The Hall–Kier alpha value is -0.500. The SMILES string of the molecule is Cc1c(Br)cccc1C(Cl)Cc1ccccc1Cl. The van der Waals surface area contributed by atoms with Crippen molar-refractivity contribution in [2.24, 2.45) is 0 Å². The van der Waals surface area contributed by atoms with Gasteiger partial charge < -0.3 is 0 Å². The van der Waals surface area contributed by atoms with Crippen molar-refractivity contribution < 1.29 is 0 Å². The van der Waals surface area contributed by atoms with Crippen LogP contribution in [0.2, 0.25) is 5.02 Å². The molecule has 1 atom stereocenters. The molecule has 0 aliphatic carbocycles. The highest BCUT2D eigenvalue weighted by atomic mass is 79.9. The third-order valence-electron chi connectivity index (χ3n) is 3.00. The Morgan fingerprint density at radius 1 is 1.11 bits per heavy atom. The Morgan fingerprint density at radius 3 is 2.56 bits per heavy atom. The highest BCUT2D eigenvalue weighted by molar-refractivity contribution is 9.10. The third kappa shape index (κ3) is 3.09. The zero-order chi connectivity index (χ0) is 13.1. The van der Waals surface area contributed by atoms with Gasteiger partial charge in [-0.1, -0.05) is 57.9 Å². The molecule has 0 aliphatic heterocycles. The molecule has 0 bridgehead atoms. The highest BCUT2D eigenvalue weighted by Gasteiger charge is 2.14. The zero-order valence-corrected chi connectivity index (χ0v) is 13.1. The van der Waals surface area contributed by atoms with E-state index in [4.69, 9.17) is 23.2 Å². The standard InChI is InChI=1S/C15H13BrCl2/c1-10-12(6-4-7-13(10)16)15(18)9-11-5-2-3-8-14(11)17/h2-8,15H,9H2,1H3. The van der Waals surface area contributed by atoms with Crippen LogP contribution in [-0.2, 0) is 6.42 Å². The summed E-state index contributed by atoms with van der Waals surface area (Å²) < 4.78 is 1.09. The molecule has 2 aromatic rings. The van der Waals surface area contributed by atoms with Gasteiger partial charge in [0.05, 0.1) is 5.38 Å². The van der Waals surface area contributed by atoms with E-state index >= 15 is 0 Å². The summed E-state index contributed by atoms with van der Waals surface area (Å²) in [6.07, 6.45) is 0.735. The molecule has 2 rings (SSSR count). The first kappa shape index (κ1) is 13.9. The molecule has 0 heterocycles. The molecule has 0 aromatic heterocycles. The average molecular weight is 344 g/mol. The Labute approximate surface area is 126 Å². The van der Waals surface area contributed by atoms with Gasteiger partial charge in [-0.25, -0.2) is 0 Å². The molecular weight excluding hydrogens is 331 g/mol. The fourth-order valence-corrected chi connectivity index (χ4v) is 2.93. The first-order valence-electron chi connectivity index (χ1n) is 5.72. The van der Waals surface area contributed by atoms with E-state index in [0.717, 1.165) is 27.0 Å². The van der Waals surface area contributed by atoms with Crippen LogP contribution in [0.25, 0.3) is 0 Å². The number of rotatable bonds is 3. The van der Waals surface area contributed by atoms with Gasteiger partial charge >= 0.3 is 0 Å². The minimum atomic E-state index is -0.0672. The molecule has 2 aromatic carbocycles. The maximum Gasteiger partial charge on any atom is 0.0629 e. The van der Waals surface area contributed by atoms with E-state index in [0.29, 0.717) is 0 Å². The second-order valence-corrected chi connectivity index (χ2v) is 6.01. The molecule has 0 spiro atoms. The minimum absolute atomic E-state index is 0.0672. The second kappa shape index (κ2) is 6.10. The summed E-state index contributed by atoms with van der Waals surface area (Å²) in [4.78, 5) is 0. The molecular formula is C15H13BrCl2. The second-order valence-electron chi connectivity index (χ2n) is 4.22. The van der Waals surface area contributed by atoms with E-state index < -0.39 is 0 Å². The van der Waals surface area contributed by atoms with Crippen molar-refractivity contribution in [2.45, 2.75) is 18.7 Å². The van der Waals surface area contributed by atoms with Crippen LogP contribution < -0.4 is 0 Å². The van der Waals surface area contributed by atoms with Gasteiger partial charge in [-0.3, -0.25) is 0 Å². The maximum absolute atomic E-state index is 6.51. The largest absolute Gasteiger partial charge is 0.117 e. The van der Waals surface area contributed by atoms with Crippen molar-refractivity contribution in [3.63, 3.8) is 0 Å². The normalized spacial score (nSPS) is 12.4. The van der Waals surface area contributed by atoms with Gasteiger partial charge in [0.1, 0.15) is 0 Å². The fraction of sp³-hybridized carbons (Fsp3) is 0.200. The lowest BCUT2D eigenvalue weighted by atomic mass is 10.00. The number of halogens is 3. The van der Waals surface area contributed by atoms with Gasteiger partial charge in [-0.15, -0.1) is 11.6 Å². The van der Waals surface area contributed by atoms with E-state index in [1.54, 1.807) is 0 Å². The molecule has 0 nitrogen and oxygen atoms in total. The van der Waals surface area contributed by atoms with Crippen molar-refractivity contribution >= 4 is 39.1 Å². The predicted octanol–water partition coefficient (Wildman–Crippen LogP) is 5.93. The summed E-state index contributed by atoms with van der Waals surface area (Å²) in [6.45, 7) is 2.07. The quantitative estimate of drug-likeness (QED) is 0.605. The van der Waals surface area contributed by atoms with Crippen LogP contribution in [0.4, 0.5) is 0 Å². The van der Waals surface area contributed by atoms with Crippen molar-refractivity contribution in [3.8, 4) is 0 Å². The topological polar surface area (TPSA) is 0 Å². The predicted molar refractivity (Wildman–Crippen MR) is 82.6 cm³/mol. The van der Waals surface area contributed by atoms with Crippen LogP contribution in [0.3, 0.4) is 0 Å². The molecule has 0 amide bonds.